The minimum absolute atomic E-state index is 0.0976. The van der Waals surface area contributed by atoms with E-state index in [1.165, 1.54) is 76.3 Å². The van der Waals surface area contributed by atoms with Crippen molar-refractivity contribution in [2.45, 2.75) is 116 Å². The van der Waals surface area contributed by atoms with E-state index < -0.39 is 17.9 Å². The van der Waals surface area contributed by atoms with E-state index in [9.17, 15) is 24.9 Å². The lowest BCUT2D eigenvalue weighted by Gasteiger charge is -2.31. The molecule has 0 aliphatic heterocycles. The number of phenolic OH excluding ortho intramolecular Hbond substituents is 2. The summed E-state index contributed by atoms with van der Waals surface area (Å²) < 4.78 is 0. The first-order chi connectivity index (χ1) is 21.6. The Labute approximate surface area is 269 Å². The average Bonchev–Trinajstić information content (AvgIpc) is 3.01. The second-order valence-electron chi connectivity index (χ2n) is 12.6. The van der Waals surface area contributed by atoms with Gasteiger partial charge in [0.2, 0.25) is 0 Å². The summed E-state index contributed by atoms with van der Waals surface area (Å²) in [6.07, 6.45) is 14.8. The lowest BCUT2D eigenvalue weighted by Crippen LogP contribution is -2.31. The molecule has 0 saturated carbocycles. The Kier molecular flexibility index (Phi) is 14.1. The first kappa shape index (κ1) is 35.8. The minimum atomic E-state index is -0.961. The van der Waals surface area contributed by atoms with Crippen molar-refractivity contribution in [1.29, 1.82) is 0 Å². The summed E-state index contributed by atoms with van der Waals surface area (Å²) in [6, 6.07) is 10.2. The number of rotatable bonds is 21. The van der Waals surface area contributed by atoms with Crippen LogP contribution in [0.5, 0.6) is 11.5 Å². The molecule has 8 nitrogen and oxygen atoms in total. The van der Waals surface area contributed by atoms with E-state index in [1.807, 2.05) is 24.3 Å². The maximum atomic E-state index is 13.3. The van der Waals surface area contributed by atoms with Crippen molar-refractivity contribution in [1.82, 2.24) is 0 Å². The van der Waals surface area contributed by atoms with Gasteiger partial charge < -0.3 is 30.2 Å². The summed E-state index contributed by atoms with van der Waals surface area (Å²) in [5, 5.41) is 41.6. The Balaban J connectivity index is 1.73. The number of carbonyl (C=O) groups is 2. The largest absolute Gasteiger partial charge is 0.510 e. The Morgan fingerprint density at radius 1 is 0.778 bits per heavy atom. The molecule has 2 atom stereocenters. The summed E-state index contributed by atoms with van der Waals surface area (Å²) in [4.78, 5) is 28.5. The topological polar surface area (TPSA) is 122 Å². The number of ketones is 1. The molecule has 0 spiro atoms. The van der Waals surface area contributed by atoms with Gasteiger partial charge in [-0.1, -0.05) is 90.2 Å². The van der Waals surface area contributed by atoms with Gasteiger partial charge in [-0.15, -0.1) is 0 Å². The lowest BCUT2D eigenvalue weighted by atomic mass is 9.74. The predicted octanol–water partition coefficient (Wildman–Crippen LogP) is 8.56. The van der Waals surface area contributed by atoms with Crippen LogP contribution >= 0.6 is 0 Å². The zero-order chi connectivity index (χ0) is 32.9. The molecule has 0 amide bonds. The number of carbonyl (C=O) groups excluding carboxylic acids is 1. The summed E-state index contributed by atoms with van der Waals surface area (Å²) in [7, 11) is 1.66. The van der Waals surface area contributed by atoms with Crippen LogP contribution in [0.15, 0.2) is 42.2 Å². The highest BCUT2D eigenvalue weighted by Crippen LogP contribution is 2.49. The molecule has 45 heavy (non-hydrogen) atoms. The number of anilines is 2. The number of hydrogen-bond acceptors (Lipinski definition) is 7. The fraction of sp³-hybridized carbons (Fsp3) is 0.568. The lowest BCUT2D eigenvalue weighted by molar-refractivity contribution is -0.137. The highest BCUT2D eigenvalue weighted by Gasteiger charge is 2.43. The number of nitrogens with zero attached hydrogens (tertiary/aromatic N) is 2. The van der Waals surface area contributed by atoms with Crippen LogP contribution < -0.4 is 9.80 Å². The Bertz CT molecular complexity index is 1250. The van der Waals surface area contributed by atoms with Gasteiger partial charge in [0.25, 0.3) is 0 Å². The van der Waals surface area contributed by atoms with Gasteiger partial charge in [-0.05, 0) is 37.5 Å². The van der Waals surface area contributed by atoms with Crippen molar-refractivity contribution in [2.24, 2.45) is 0 Å². The van der Waals surface area contributed by atoms with Crippen LogP contribution in [-0.4, -0.2) is 58.4 Å². The molecule has 0 saturated heterocycles. The summed E-state index contributed by atoms with van der Waals surface area (Å²) >= 11 is 0. The molecule has 2 aromatic carbocycles. The maximum absolute atomic E-state index is 13.3. The highest BCUT2D eigenvalue weighted by molar-refractivity contribution is 6.33. The third-order valence-corrected chi connectivity index (χ3v) is 9.06. The predicted molar refractivity (Wildman–Crippen MR) is 183 cm³/mol. The van der Waals surface area contributed by atoms with Gasteiger partial charge in [-0.2, -0.15) is 0 Å². The molecule has 2 unspecified atom stereocenters. The van der Waals surface area contributed by atoms with Gasteiger partial charge in [-0.3, -0.25) is 9.59 Å². The standard InChI is InChI=1S/C37H54N2O6/c1-5-7-9-11-13-15-21-39(22-16-14-12-10-8-6-2)28-19-17-27(18-20-28)33-36(44)35(37(33)45)34-30(40)24-29(25-31(34)41)38(4)26(3)23-32(42)43/h17-20,24-26,33,40-41,44H,5-16,21-23H2,1-4H3,(H,42,43). The number of aliphatic carboxylic acids is 1. The van der Waals surface area contributed by atoms with Gasteiger partial charge in [0.15, 0.2) is 5.78 Å². The molecule has 4 N–H and O–H groups in total. The number of carboxylic acids is 1. The molecule has 3 rings (SSSR count). The Morgan fingerprint density at radius 3 is 1.73 bits per heavy atom. The number of carboxylic acid groups (broad SMARTS) is 1. The van der Waals surface area contributed by atoms with Crippen molar-refractivity contribution in [3.05, 3.63) is 53.3 Å². The first-order valence-corrected chi connectivity index (χ1v) is 16.9. The molecule has 0 fully saturated rings. The third-order valence-electron chi connectivity index (χ3n) is 9.06. The number of Topliss-reactive ketones (excluding diaryl/α,β-unsaturated/α-hetero) is 1. The van der Waals surface area contributed by atoms with Crippen LogP contribution in [0.25, 0.3) is 5.57 Å². The fourth-order valence-electron chi connectivity index (χ4n) is 6.14. The second kappa shape index (κ2) is 17.7. The fourth-order valence-corrected chi connectivity index (χ4v) is 6.14. The highest BCUT2D eigenvalue weighted by atomic mass is 16.4. The molecular weight excluding hydrogens is 568 g/mol. The van der Waals surface area contributed by atoms with Crippen LogP contribution in [0.3, 0.4) is 0 Å². The van der Waals surface area contributed by atoms with E-state index in [4.69, 9.17) is 5.11 Å². The second-order valence-corrected chi connectivity index (χ2v) is 12.6. The summed E-state index contributed by atoms with van der Waals surface area (Å²) in [5.41, 5.74) is 1.97. The van der Waals surface area contributed by atoms with Crippen LogP contribution in [0.2, 0.25) is 0 Å². The van der Waals surface area contributed by atoms with Gasteiger partial charge in [0, 0.05) is 49.7 Å². The summed E-state index contributed by atoms with van der Waals surface area (Å²) in [6.45, 7) is 8.18. The number of aromatic hydroxyl groups is 2. The van der Waals surface area contributed by atoms with E-state index in [0.717, 1.165) is 31.6 Å². The number of hydrogen-bond donors (Lipinski definition) is 4. The minimum Gasteiger partial charge on any atom is -0.510 e. The van der Waals surface area contributed by atoms with Crippen LogP contribution in [0, 0.1) is 0 Å². The molecule has 248 valence electrons. The first-order valence-electron chi connectivity index (χ1n) is 16.9. The van der Waals surface area contributed by atoms with Crippen LogP contribution in [0.1, 0.15) is 121 Å². The Hall–Kier alpha value is -3.68. The van der Waals surface area contributed by atoms with Gasteiger partial charge in [0.05, 0.1) is 17.6 Å². The van der Waals surface area contributed by atoms with Crippen molar-refractivity contribution in [3.63, 3.8) is 0 Å². The van der Waals surface area contributed by atoms with Crippen molar-refractivity contribution >= 4 is 28.7 Å². The molecular formula is C37H54N2O6. The number of phenols is 2. The van der Waals surface area contributed by atoms with Crippen molar-refractivity contribution in [2.75, 3.05) is 29.9 Å². The maximum Gasteiger partial charge on any atom is 0.305 e. The number of benzene rings is 2. The molecule has 0 heterocycles. The van der Waals surface area contributed by atoms with Gasteiger partial charge in [0.1, 0.15) is 23.2 Å². The zero-order valence-corrected chi connectivity index (χ0v) is 27.7. The van der Waals surface area contributed by atoms with E-state index in [2.05, 4.69) is 18.7 Å². The SMILES string of the molecule is CCCCCCCCN(CCCCCCCC)c1ccc(C2C(=O)C(c3c(O)cc(N(C)C(C)CC(=O)O)cc3O)=C2O)cc1. The average molecular weight is 623 g/mol. The number of aliphatic hydroxyl groups excluding tert-OH is 1. The normalized spacial score (nSPS) is 15.2. The molecule has 2 aromatic rings. The molecule has 1 aliphatic rings. The quantitative estimate of drug-likeness (QED) is 0.102. The number of allylic oxidation sites excluding steroid dienone is 2. The van der Waals surface area contributed by atoms with Crippen LogP contribution in [0.4, 0.5) is 11.4 Å². The van der Waals surface area contributed by atoms with Crippen LogP contribution in [-0.2, 0) is 9.59 Å². The number of aliphatic hydroxyl groups is 1. The van der Waals surface area contributed by atoms with E-state index in [-0.39, 0.29) is 40.6 Å². The van der Waals surface area contributed by atoms with Gasteiger partial charge in [-0.25, -0.2) is 0 Å². The molecule has 0 bridgehead atoms. The molecule has 0 radical (unpaired) electrons. The third kappa shape index (κ3) is 9.65. The van der Waals surface area contributed by atoms with E-state index >= 15 is 0 Å². The number of unbranched alkanes of at least 4 members (excludes halogenated alkanes) is 10. The van der Waals surface area contributed by atoms with E-state index in [0.29, 0.717) is 11.3 Å². The molecule has 0 aromatic heterocycles. The van der Waals surface area contributed by atoms with Crippen molar-refractivity contribution < 1.29 is 30.0 Å². The Morgan fingerprint density at radius 2 is 1.27 bits per heavy atom. The van der Waals surface area contributed by atoms with E-state index in [1.54, 1.807) is 18.9 Å². The monoisotopic (exact) mass is 622 g/mol. The zero-order valence-electron chi connectivity index (χ0n) is 27.7. The summed E-state index contributed by atoms with van der Waals surface area (Å²) in [5.74, 6) is -3.09. The van der Waals surface area contributed by atoms with Gasteiger partial charge >= 0.3 is 5.97 Å². The smallest absolute Gasteiger partial charge is 0.305 e. The molecule has 1 aliphatic carbocycles. The molecule has 8 heteroatoms. The van der Waals surface area contributed by atoms with Crippen molar-refractivity contribution in [3.8, 4) is 11.5 Å².